The zero-order chi connectivity index (χ0) is 24.6. The van der Waals surface area contributed by atoms with Crippen LogP contribution in [0.4, 0.5) is 23.5 Å². The first-order chi connectivity index (χ1) is 17.1. The normalized spacial score (nSPS) is 19.1. The van der Waals surface area contributed by atoms with Crippen molar-refractivity contribution in [2.45, 2.75) is 70.4 Å². The molecule has 1 saturated heterocycles. The minimum Gasteiger partial charge on any atom is -0.496 e. The van der Waals surface area contributed by atoms with Crippen LogP contribution in [-0.2, 0) is 0 Å². The van der Waals surface area contributed by atoms with E-state index in [1.807, 2.05) is 18.2 Å². The predicted octanol–water partition coefficient (Wildman–Crippen LogP) is 5.29. The number of likely N-dealkylation sites (N-methyl/N-ethyl adjacent to an activating group) is 1. The molecule has 0 spiro atoms. The van der Waals surface area contributed by atoms with Crippen molar-refractivity contribution in [3.8, 4) is 11.9 Å². The maximum atomic E-state index is 10.0. The first-order valence-electron chi connectivity index (χ1n) is 12.6. The third kappa shape index (κ3) is 6.53. The molecule has 188 valence electrons. The summed E-state index contributed by atoms with van der Waals surface area (Å²) in [7, 11) is 1.61. The van der Waals surface area contributed by atoms with E-state index in [1.165, 1.54) is 37.0 Å². The topological polar surface area (TPSA) is 102 Å². The summed E-state index contributed by atoms with van der Waals surface area (Å²) < 4.78 is 6.09. The second kappa shape index (κ2) is 12.4. The molecule has 35 heavy (non-hydrogen) atoms. The second-order valence-corrected chi connectivity index (χ2v) is 10.0. The smallest absolute Gasteiger partial charge is 0.250 e. The third-order valence-corrected chi connectivity index (χ3v) is 7.53. The van der Waals surface area contributed by atoms with E-state index in [0.717, 1.165) is 43.4 Å². The van der Waals surface area contributed by atoms with E-state index in [2.05, 4.69) is 54.5 Å². The van der Waals surface area contributed by atoms with Crippen molar-refractivity contribution >= 4 is 39.5 Å². The molecule has 9 nitrogen and oxygen atoms in total. The van der Waals surface area contributed by atoms with Gasteiger partial charge in [0, 0.05) is 18.6 Å². The molecule has 1 aliphatic heterocycles. The third-order valence-electron chi connectivity index (χ3n) is 6.91. The fourth-order valence-corrected chi connectivity index (χ4v) is 5.51. The van der Waals surface area contributed by atoms with Gasteiger partial charge in [-0.1, -0.05) is 32.6 Å². The molecule has 0 amide bonds. The lowest BCUT2D eigenvalue weighted by Gasteiger charge is -2.23. The fraction of sp³-hybridized carbons (Fsp3) is 0.600. The fourth-order valence-electron chi connectivity index (χ4n) is 4.98. The standard InChI is InChI=1S/C25H35BrN8O/c1-3-33-14-8-11-20(33)16-28-23-30-24(29-18-9-6-4-5-7-10-18)32-25(31-23)34(17-27)19-12-13-22(35-2)21(26)15-19/h12-13,15,18,20H,3-11,14,16H2,1-2H3,(H2,28,29,30,31,32). The number of hydrogen-bond acceptors (Lipinski definition) is 9. The summed E-state index contributed by atoms with van der Waals surface area (Å²) in [6, 6.07) is 6.25. The lowest BCUT2D eigenvalue weighted by molar-refractivity contribution is 0.277. The van der Waals surface area contributed by atoms with Crippen LogP contribution in [0, 0.1) is 11.5 Å². The maximum Gasteiger partial charge on any atom is 0.250 e. The predicted molar refractivity (Wildman–Crippen MR) is 142 cm³/mol. The van der Waals surface area contributed by atoms with Crippen molar-refractivity contribution < 1.29 is 4.74 Å². The highest BCUT2D eigenvalue weighted by Crippen LogP contribution is 2.32. The zero-order valence-corrected chi connectivity index (χ0v) is 22.2. The highest BCUT2D eigenvalue weighted by atomic mass is 79.9. The number of halogens is 1. The molecule has 1 saturated carbocycles. The molecule has 0 bridgehead atoms. The molecule has 1 unspecified atom stereocenters. The first-order valence-corrected chi connectivity index (χ1v) is 13.4. The van der Waals surface area contributed by atoms with Crippen LogP contribution in [0.15, 0.2) is 22.7 Å². The molecule has 1 aromatic carbocycles. The first kappa shape index (κ1) is 25.5. The maximum absolute atomic E-state index is 10.0. The van der Waals surface area contributed by atoms with Crippen LogP contribution in [-0.4, -0.2) is 58.7 Å². The van der Waals surface area contributed by atoms with Gasteiger partial charge < -0.3 is 15.4 Å². The highest BCUT2D eigenvalue weighted by molar-refractivity contribution is 9.10. The Morgan fingerprint density at radius 2 is 1.89 bits per heavy atom. The molecule has 0 radical (unpaired) electrons. The van der Waals surface area contributed by atoms with E-state index < -0.39 is 0 Å². The van der Waals surface area contributed by atoms with Crippen LogP contribution < -0.4 is 20.3 Å². The number of rotatable bonds is 9. The van der Waals surface area contributed by atoms with E-state index in [0.29, 0.717) is 35.4 Å². The Kier molecular flexibility index (Phi) is 8.99. The molecule has 2 aliphatic rings. The SMILES string of the molecule is CCN1CCCC1CNc1nc(NC2CCCCCC2)nc(N(C#N)c2ccc(OC)c(Br)c2)n1. The van der Waals surface area contributed by atoms with Crippen molar-refractivity contribution in [1.82, 2.24) is 19.9 Å². The van der Waals surface area contributed by atoms with Crippen molar-refractivity contribution in [2.24, 2.45) is 0 Å². The van der Waals surface area contributed by atoms with Gasteiger partial charge in [-0.2, -0.15) is 20.2 Å². The summed E-state index contributed by atoms with van der Waals surface area (Å²) in [4.78, 5) is 17.9. The largest absolute Gasteiger partial charge is 0.496 e. The van der Waals surface area contributed by atoms with Gasteiger partial charge in [0.2, 0.25) is 17.8 Å². The van der Waals surface area contributed by atoms with E-state index in [9.17, 15) is 5.26 Å². The summed E-state index contributed by atoms with van der Waals surface area (Å²) in [5.41, 5.74) is 0.644. The van der Waals surface area contributed by atoms with E-state index in [1.54, 1.807) is 7.11 Å². The Labute approximate surface area is 216 Å². The number of nitrogens with one attached hydrogen (secondary N) is 2. The summed E-state index contributed by atoms with van der Waals surface area (Å²) >= 11 is 3.51. The molecule has 1 atom stereocenters. The highest BCUT2D eigenvalue weighted by Gasteiger charge is 2.24. The summed E-state index contributed by atoms with van der Waals surface area (Å²) in [5.74, 6) is 1.98. The van der Waals surface area contributed by atoms with Gasteiger partial charge in [0.15, 0.2) is 6.19 Å². The Morgan fingerprint density at radius 3 is 2.57 bits per heavy atom. The van der Waals surface area contributed by atoms with Gasteiger partial charge in [-0.3, -0.25) is 4.90 Å². The summed E-state index contributed by atoms with van der Waals surface area (Å²) in [6.07, 6.45) is 11.8. The molecule has 2 aromatic rings. The molecule has 2 heterocycles. The lowest BCUT2D eigenvalue weighted by atomic mass is 10.1. The van der Waals surface area contributed by atoms with Crippen LogP contribution in [0.3, 0.4) is 0 Å². The number of anilines is 4. The number of nitriles is 1. The van der Waals surface area contributed by atoms with Crippen LogP contribution in [0.1, 0.15) is 58.3 Å². The van der Waals surface area contributed by atoms with Crippen LogP contribution >= 0.6 is 15.9 Å². The van der Waals surface area contributed by atoms with Gasteiger partial charge in [0.1, 0.15) is 5.75 Å². The molecule has 2 N–H and O–H groups in total. The number of aromatic nitrogens is 3. The van der Waals surface area contributed by atoms with Gasteiger partial charge in [0.05, 0.1) is 17.3 Å². The average Bonchev–Trinajstić information content (AvgIpc) is 3.18. The average molecular weight is 544 g/mol. The Bertz CT molecular complexity index is 1020. The van der Waals surface area contributed by atoms with Crippen LogP contribution in [0.25, 0.3) is 0 Å². The van der Waals surface area contributed by atoms with Crippen molar-refractivity contribution in [2.75, 3.05) is 42.3 Å². The number of likely N-dealkylation sites (tertiary alicyclic amines) is 1. The Morgan fingerprint density at radius 1 is 1.11 bits per heavy atom. The lowest BCUT2D eigenvalue weighted by Crippen LogP contribution is -2.35. The zero-order valence-electron chi connectivity index (χ0n) is 20.6. The van der Waals surface area contributed by atoms with E-state index >= 15 is 0 Å². The van der Waals surface area contributed by atoms with Gasteiger partial charge in [0.25, 0.3) is 0 Å². The second-order valence-electron chi connectivity index (χ2n) is 9.18. The van der Waals surface area contributed by atoms with Gasteiger partial charge in [-0.05, 0) is 72.9 Å². The van der Waals surface area contributed by atoms with Crippen molar-refractivity contribution in [3.05, 3.63) is 22.7 Å². The minimum atomic E-state index is 0.289. The number of benzene rings is 1. The van der Waals surface area contributed by atoms with Gasteiger partial charge in [-0.25, -0.2) is 4.90 Å². The Balaban J connectivity index is 1.61. The molecule has 1 aromatic heterocycles. The van der Waals surface area contributed by atoms with Gasteiger partial charge in [-0.15, -0.1) is 0 Å². The molecular weight excluding hydrogens is 508 g/mol. The quantitative estimate of drug-likeness (QED) is 0.248. The number of hydrogen-bond donors (Lipinski definition) is 2. The molecule has 10 heteroatoms. The molecule has 1 aliphatic carbocycles. The van der Waals surface area contributed by atoms with Crippen LogP contribution in [0.5, 0.6) is 5.75 Å². The minimum absolute atomic E-state index is 0.289. The van der Waals surface area contributed by atoms with E-state index in [4.69, 9.17) is 9.72 Å². The van der Waals surface area contributed by atoms with Crippen molar-refractivity contribution in [3.63, 3.8) is 0 Å². The Hall–Kier alpha value is -2.64. The van der Waals surface area contributed by atoms with E-state index in [-0.39, 0.29) is 5.95 Å². The van der Waals surface area contributed by atoms with Crippen LogP contribution in [0.2, 0.25) is 0 Å². The molecule has 4 rings (SSSR count). The summed E-state index contributed by atoms with van der Waals surface area (Å²) in [6.45, 7) is 5.14. The monoisotopic (exact) mass is 542 g/mol. The number of methoxy groups -OCH3 is 1. The van der Waals surface area contributed by atoms with Crippen molar-refractivity contribution in [1.29, 1.82) is 5.26 Å². The van der Waals surface area contributed by atoms with Gasteiger partial charge >= 0.3 is 0 Å². The molecule has 2 fully saturated rings. The number of nitrogens with zero attached hydrogens (tertiary/aromatic N) is 6. The number of ether oxygens (including phenoxy) is 1. The summed E-state index contributed by atoms with van der Waals surface area (Å²) in [5, 5.41) is 17.0. The molecular formula is C25H35BrN8O.